The number of aromatic nitrogens is 2. The lowest BCUT2D eigenvalue weighted by Gasteiger charge is -2.04. The maximum absolute atomic E-state index is 13.9. The molecule has 1 aromatic carbocycles. The SMILES string of the molecule is Cc1oc(-c2ccccc2F)nc1C[S@](=O)CC(=O)NCc1ccccn1. The Morgan fingerprint density at radius 1 is 1.22 bits per heavy atom. The molecule has 0 bridgehead atoms. The van der Waals surface area contributed by atoms with Crippen LogP contribution >= 0.6 is 0 Å². The van der Waals surface area contributed by atoms with Crippen molar-refractivity contribution in [3.8, 4) is 11.5 Å². The van der Waals surface area contributed by atoms with Crippen LogP contribution in [0.4, 0.5) is 4.39 Å². The lowest BCUT2D eigenvalue weighted by Crippen LogP contribution is -2.28. The molecule has 2 heterocycles. The molecule has 0 aliphatic rings. The largest absolute Gasteiger partial charge is 0.441 e. The standard InChI is InChI=1S/C19H18FN3O3S/c1-13-17(23-19(26-13)15-7-2-3-8-16(15)20)11-27(25)12-18(24)22-10-14-6-4-5-9-21-14/h2-9H,10-12H2,1H3,(H,22,24)/t27-/m0/s1. The summed E-state index contributed by atoms with van der Waals surface area (Å²) in [6.07, 6.45) is 1.64. The van der Waals surface area contributed by atoms with E-state index < -0.39 is 16.6 Å². The Morgan fingerprint density at radius 2 is 2.00 bits per heavy atom. The summed E-state index contributed by atoms with van der Waals surface area (Å²) >= 11 is 0. The van der Waals surface area contributed by atoms with Gasteiger partial charge in [-0.05, 0) is 31.2 Å². The molecule has 8 heteroatoms. The van der Waals surface area contributed by atoms with Crippen LogP contribution < -0.4 is 5.32 Å². The Hall–Kier alpha value is -2.87. The van der Waals surface area contributed by atoms with Gasteiger partial charge in [-0.15, -0.1) is 0 Å². The highest BCUT2D eigenvalue weighted by atomic mass is 32.2. The quantitative estimate of drug-likeness (QED) is 0.674. The van der Waals surface area contributed by atoms with Gasteiger partial charge in [-0.25, -0.2) is 9.37 Å². The van der Waals surface area contributed by atoms with Crippen molar-refractivity contribution in [2.45, 2.75) is 19.2 Å². The second kappa shape index (κ2) is 8.68. The van der Waals surface area contributed by atoms with Gasteiger partial charge in [0.1, 0.15) is 17.3 Å². The van der Waals surface area contributed by atoms with Crippen molar-refractivity contribution in [3.05, 3.63) is 71.6 Å². The molecule has 1 atom stereocenters. The second-order valence-corrected chi connectivity index (χ2v) is 7.29. The van der Waals surface area contributed by atoms with Crippen LogP contribution in [0.1, 0.15) is 17.1 Å². The summed E-state index contributed by atoms with van der Waals surface area (Å²) in [5.74, 6) is -0.294. The summed E-state index contributed by atoms with van der Waals surface area (Å²) in [6.45, 7) is 1.95. The summed E-state index contributed by atoms with van der Waals surface area (Å²) in [5, 5.41) is 2.68. The number of hydrogen-bond donors (Lipinski definition) is 1. The van der Waals surface area contributed by atoms with Gasteiger partial charge in [0.15, 0.2) is 0 Å². The van der Waals surface area contributed by atoms with Crippen LogP contribution in [-0.4, -0.2) is 25.8 Å². The first-order valence-electron chi connectivity index (χ1n) is 8.25. The third-order valence-corrected chi connectivity index (χ3v) is 4.96. The van der Waals surface area contributed by atoms with Crippen molar-refractivity contribution in [1.29, 1.82) is 0 Å². The van der Waals surface area contributed by atoms with Gasteiger partial charge in [0.25, 0.3) is 0 Å². The minimum atomic E-state index is -1.47. The fourth-order valence-corrected chi connectivity index (χ4v) is 3.47. The van der Waals surface area contributed by atoms with Crippen molar-refractivity contribution in [2.75, 3.05) is 5.75 Å². The fraction of sp³-hybridized carbons (Fsp3) is 0.211. The second-order valence-electron chi connectivity index (χ2n) is 5.83. The van der Waals surface area contributed by atoms with Gasteiger partial charge in [-0.2, -0.15) is 0 Å². The number of halogens is 1. The molecule has 0 radical (unpaired) electrons. The first kappa shape index (κ1) is 18.9. The molecule has 3 rings (SSSR count). The minimum absolute atomic E-state index is 0.0563. The number of pyridine rings is 1. The zero-order chi connectivity index (χ0) is 19.2. The summed E-state index contributed by atoms with van der Waals surface area (Å²) in [7, 11) is -1.47. The summed E-state index contributed by atoms with van der Waals surface area (Å²) in [6, 6.07) is 11.5. The molecule has 140 valence electrons. The van der Waals surface area contributed by atoms with Crippen molar-refractivity contribution < 1.29 is 17.8 Å². The third-order valence-electron chi connectivity index (χ3n) is 3.78. The monoisotopic (exact) mass is 387 g/mol. The van der Waals surface area contributed by atoms with Gasteiger partial charge in [0, 0.05) is 17.0 Å². The van der Waals surface area contributed by atoms with E-state index in [1.807, 2.05) is 6.07 Å². The van der Waals surface area contributed by atoms with Crippen molar-refractivity contribution in [1.82, 2.24) is 15.3 Å². The number of carbonyl (C=O) groups is 1. The lowest BCUT2D eigenvalue weighted by molar-refractivity contribution is -0.118. The fourth-order valence-electron chi connectivity index (χ4n) is 2.40. The number of rotatable bonds is 7. The molecule has 1 N–H and O–H groups in total. The Kier molecular flexibility index (Phi) is 6.08. The molecule has 6 nitrogen and oxygen atoms in total. The number of nitrogens with zero attached hydrogens (tertiary/aromatic N) is 2. The molecule has 0 aliphatic carbocycles. The van der Waals surface area contributed by atoms with Gasteiger partial charge in [-0.3, -0.25) is 14.0 Å². The average molecular weight is 387 g/mol. The highest BCUT2D eigenvalue weighted by Crippen LogP contribution is 2.24. The number of oxazole rings is 1. The molecule has 0 unspecified atom stereocenters. The van der Waals surface area contributed by atoms with E-state index in [0.29, 0.717) is 11.5 Å². The topological polar surface area (TPSA) is 85.1 Å². The molecule has 3 aromatic rings. The van der Waals surface area contributed by atoms with E-state index >= 15 is 0 Å². The number of nitrogens with one attached hydrogen (secondary N) is 1. The Labute approximate surface area is 158 Å². The zero-order valence-electron chi connectivity index (χ0n) is 14.6. The predicted molar refractivity (Wildman–Crippen MR) is 99.4 cm³/mol. The van der Waals surface area contributed by atoms with Crippen molar-refractivity contribution >= 4 is 16.7 Å². The van der Waals surface area contributed by atoms with Crippen molar-refractivity contribution in [3.63, 3.8) is 0 Å². The number of benzene rings is 1. The normalized spacial score (nSPS) is 11.9. The van der Waals surface area contributed by atoms with Crippen LogP contribution in [0.3, 0.4) is 0 Å². The number of carbonyl (C=O) groups excluding carboxylic acids is 1. The van der Waals surface area contributed by atoms with E-state index in [0.717, 1.165) is 5.69 Å². The van der Waals surface area contributed by atoms with Gasteiger partial charge >= 0.3 is 0 Å². The van der Waals surface area contributed by atoms with Crippen LogP contribution in [0.5, 0.6) is 0 Å². The van der Waals surface area contributed by atoms with Crippen LogP contribution in [0, 0.1) is 12.7 Å². The molecule has 1 amide bonds. The van der Waals surface area contributed by atoms with E-state index in [-0.39, 0.29) is 35.4 Å². The van der Waals surface area contributed by atoms with E-state index in [9.17, 15) is 13.4 Å². The first-order valence-corrected chi connectivity index (χ1v) is 9.74. The Balaban J connectivity index is 1.58. The number of aryl methyl sites for hydroxylation is 1. The van der Waals surface area contributed by atoms with E-state index in [4.69, 9.17) is 4.42 Å². The van der Waals surface area contributed by atoms with E-state index in [2.05, 4.69) is 15.3 Å². The molecule has 27 heavy (non-hydrogen) atoms. The molecule has 0 fully saturated rings. The van der Waals surface area contributed by atoms with Crippen LogP contribution in [0.15, 0.2) is 53.1 Å². The Morgan fingerprint density at radius 3 is 2.74 bits per heavy atom. The van der Waals surface area contributed by atoms with Gasteiger partial charge in [0.2, 0.25) is 11.8 Å². The smallest absolute Gasteiger partial charge is 0.232 e. The molecular weight excluding hydrogens is 369 g/mol. The van der Waals surface area contributed by atoms with E-state index in [1.165, 1.54) is 6.07 Å². The third kappa shape index (κ3) is 5.07. The van der Waals surface area contributed by atoms with Crippen LogP contribution in [0.25, 0.3) is 11.5 Å². The molecule has 2 aromatic heterocycles. The van der Waals surface area contributed by atoms with Crippen molar-refractivity contribution in [2.24, 2.45) is 0 Å². The maximum atomic E-state index is 13.9. The summed E-state index contributed by atoms with van der Waals surface area (Å²) in [4.78, 5) is 20.3. The zero-order valence-corrected chi connectivity index (χ0v) is 15.5. The minimum Gasteiger partial charge on any atom is -0.441 e. The number of amides is 1. The highest BCUT2D eigenvalue weighted by molar-refractivity contribution is 7.84. The number of hydrogen-bond acceptors (Lipinski definition) is 5. The molecule has 0 saturated carbocycles. The van der Waals surface area contributed by atoms with Gasteiger partial charge in [-0.1, -0.05) is 18.2 Å². The summed E-state index contributed by atoms with van der Waals surface area (Å²) in [5.41, 5.74) is 1.41. The molecule has 0 saturated heterocycles. The first-order chi connectivity index (χ1) is 13.0. The Bertz CT molecular complexity index is 960. The predicted octanol–water partition coefficient (Wildman–Crippen LogP) is 2.75. The molecular formula is C19H18FN3O3S. The van der Waals surface area contributed by atoms with Crippen LogP contribution in [-0.2, 0) is 27.9 Å². The van der Waals surface area contributed by atoms with E-state index in [1.54, 1.807) is 43.5 Å². The highest BCUT2D eigenvalue weighted by Gasteiger charge is 2.17. The molecule has 0 aliphatic heterocycles. The molecule has 0 spiro atoms. The van der Waals surface area contributed by atoms with Gasteiger partial charge < -0.3 is 9.73 Å². The van der Waals surface area contributed by atoms with Crippen LogP contribution in [0.2, 0.25) is 0 Å². The summed E-state index contributed by atoms with van der Waals surface area (Å²) < 4.78 is 31.6. The maximum Gasteiger partial charge on any atom is 0.232 e. The lowest BCUT2D eigenvalue weighted by atomic mass is 10.2. The average Bonchev–Trinajstić information content (AvgIpc) is 3.01. The van der Waals surface area contributed by atoms with Gasteiger partial charge in [0.05, 0.1) is 29.2 Å².